The van der Waals surface area contributed by atoms with E-state index in [9.17, 15) is 0 Å². The summed E-state index contributed by atoms with van der Waals surface area (Å²) < 4.78 is 0. The van der Waals surface area contributed by atoms with Crippen molar-refractivity contribution in [1.29, 1.82) is 0 Å². The molecule has 0 saturated carbocycles. The van der Waals surface area contributed by atoms with E-state index in [1.54, 1.807) is 18.5 Å². The second kappa shape index (κ2) is 2.18. The fraction of sp³-hybridized carbons (Fsp3) is 0. The standard InChI is InChI=1S/C5H5BClN/c6-4-3-8-2-1-5(4)7/h1-3H,6H2. The van der Waals surface area contributed by atoms with Crippen LogP contribution >= 0.6 is 11.6 Å². The summed E-state index contributed by atoms with van der Waals surface area (Å²) in [7, 11) is 1.93. The highest BCUT2D eigenvalue weighted by molar-refractivity contribution is 6.44. The molecule has 1 rings (SSSR count). The third-order valence-electron chi connectivity index (χ3n) is 0.952. The van der Waals surface area contributed by atoms with Crippen molar-refractivity contribution in [3.63, 3.8) is 0 Å². The predicted octanol–water partition coefficient (Wildman–Crippen LogP) is -0.00660. The Hall–Kier alpha value is -0.495. The van der Waals surface area contributed by atoms with Crippen molar-refractivity contribution in [3.8, 4) is 0 Å². The summed E-state index contributed by atoms with van der Waals surface area (Å²) in [6.45, 7) is 0. The van der Waals surface area contributed by atoms with Crippen LogP contribution in [0.4, 0.5) is 0 Å². The fourth-order valence-corrected chi connectivity index (χ4v) is 0.562. The summed E-state index contributed by atoms with van der Waals surface area (Å²) in [5.74, 6) is 0. The van der Waals surface area contributed by atoms with E-state index in [-0.39, 0.29) is 0 Å². The number of hydrogen-bond acceptors (Lipinski definition) is 1. The van der Waals surface area contributed by atoms with Crippen LogP contribution in [0.5, 0.6) is 0 Å². The molecule has 0 fully saturated rings. The van der Waals surface area contributed by atoms with Crippen molar-refractivity contribution < 1.29 is 0 Å². The highest BCUT2D eigenvalue weighted by Crippen LogP contribution is 1.98. The summed E-state index contributed by atoms with van der Waals surface area (Å²) in [6, 6.07) is 1.77. The molecule has 1 nitrogen and oxygen atoms in total. The second-order valence-electron chi connectivity index (χ2n) is 1.62. The molecule has 3 heteroatoms. The maximum atomic E-state index is 5.67. The Kier molecular flexibility index (Phi) is 1.54. The fourth-order valence-electron chi connectivity index (χ4n) is 0.456. The van der Waals surface area contributed by atoms with Crippen LogP contribution in [0.1, 0.15) is 0 Å². The van der Waals surface area contributed by atoms with Crippen LogP contribution in [0.2, 0.25) is 5.02 Å². The molecule has 0 aliphatic heterocycles. The molecule has 0 aromatic carbocycles. The van der Waals surface area contributed by atoms with E-state index in [0.29, 0.717) is 0 Å². The first kappa shape index (κ1) is 5.64. The zero-order chi connectivity index (χ0) is 5.98. The molecule has 0 bridgehead atoms. The average molecular weight is 125 g/mol. The molecule has 0 radical (unpaired) electrons. The minimum Gasteiger partial charge on any atom is -0.265 e. The molecule has 0 amide bonds. The molecule has 40 valence electrons. The van der Waals surface area contributed by atoms with Gasteiger partial charge in [-0.1, -0.05) is 17.1 Å². The molecule has 1 aromatic rings. The molecule has 0 aliphatic rings. The second-order valence-corrected chi connectivity index (χ2v) is 2.03. The number of nitrogens with zero attached hydrogens (tertiary/aromatic N) is 1. The number of hydrogen-bond donors (Lipinski definition) is 0. The summed E-state index contributed by atoms with van der Waals surface area (Å²) >= 11 is 5.67. The van der Waals surface area contributed by atoms with Crippen molar-refractivity contribution in [2.75, 3.05) is 0 Å². The Bertz CT molecular complexity index is 169. The summed E-state index contributed by atoms with van der Waals surface area (Å²) in [5.41, 5.74) is 1.02. The number of aromatic nitrogens is 1. The van der Waals surface area contributed by atoms with Gasteiger partial charge in [0.15, 0.2) is 0 Å². The van der Waals surface area contributed by atoms with Gasteiger partial charge in [0.1, 0.15) is 7.85 Å². The number of pyridine rings is 1. The lowest BCUT2D eigenvalue weighted by atomic mass is 9.99. The summed E-state index contributed by atoms with van der Waals surface area (Å²) in [4.78, 5) is 3.86. The SMILES string of the molecule is Bc1cnccc1Cl. The first-order valence-electron chi connectivity index (χ1n) is 2.37. The van der Waals surface area contributed by atoms with E-state index in [4.69, 9.17) is 11.6 Å². The van der Waals surface area contributed by atoms with E-state index < -0.39 is 0 Å². The molecule has 0 saturated heterocycles. The molecule has 8 heavy (non-hydrogen) atoms. The minimum atomic E-state index is 0.778. The molecule has 0 N–H and O–H groups in total. The van der Waals surface area contributed by atoms with Gasteiger partial charge in [0.25, 0.3) is 0 Å². The van der Waals surface area contributed by atoms with Crippen molar-refractivity contribution in [2.45, 2.75) is 0 Å². The Balaban J connectivity index is 3.13. The Morgan fingerprint density at radius 3 is 2.75 bits per heavy atom. The maximum absolute atomic E-state index is 5.67. The zero-order valence-corrected chi connectivity index (χ0v) is 5.31. The molecular formula is C5H5BClN. The lowest BCUT2D eigenvalue weighted by Gasteiger charge is -1.90. The van der Waals surface area contributed by atoms with Gasteiger partial charge in [0.2, 0.25) is 0 Å². The van der Waals surface area contributed by atoms with Gasteiger partial charge in [0, 0.05) is 17.4 Å². The lowest BCUT2D eigenvalue weighted by Crippen LogP contribution is -2.02. The number of halogens is 1. The van der Waals surface area contributed by atoms with Crippen LogP contribution in [-0.4, -0.2) is 12.8 Å². The lowest BCUT2D eigenvalue weighted by molar-refractivity contribution is 1.35. The van der Waals surface area contributed by atoms with E-state index in [2.05, 4.69) is 4.98 Å². The van der Waals surface area contributed by atoms with E-state index in [1.165, 1.54) is 0 Å². The van der Waals surface area contributed by atoms with Gasteiger partial charge in [-0.2, -0.15) is 0 Å². The molecular weight excluding hydrogens is 120 g/mol. The van der Waals surface area contributed by atoms with Gasteiger partial charge in [-0.3, -0.25) is 4.98 Å². The molecule has 1 aromatic heterocycles. The summed E-state index contributed by atoms with van der Waals surface area (Å²) in [5, 5.41) is 0.778. The van der Waals surface area contributed by atoms with Gasteiger partial charge in [-0.15, -0.1) is 0 Å². The normalized spacial score (nSPS) is 9.12. The van der Waals surface area contributed by atoms with E-state index in [1.807, 2.05) is 7.85 Å². The molecule has 0 spiro atoms. The van der Waals surface area contributed by atoms with Crippen LogP contribution in [0.15, 0.2) is 18.5 Å². The van der Waals surface area contributed by atoms with Crippen LogP contribution in [0.25, 0.3) is 0 Å². The monoisotopic (exact) mass is 125 g/mol. The predicted molar refractivity (Wildman–Crippen MR) is 37.4 cm³/mol. The topological polar surface area (TPSA) is 12.9 Å². The van der Waals surface area contributed by atoms with Gasteiger partial charge < -0.3 is 0 Å². The average Bonchev–Trinajstić information content (AvgIpc) is 1.77. The number of rotatable bonds is 0. The minimum absolute atomic E-state index is 0.778. The third kappa shape index (κ3) is 1.01. The van der Waals surface area contributed by atoms with Gasteiger partial charge in [-0.25, -0.2) is 0 Å². The van der Waals surface area contributed by atoms with Crippen LogP contribution in [0, 0.1) is 0 Å². The highest BCUT2D eigenvalue weighted by Gasteiger charge is 1.87. The van der Waals surface area contributed by atoms with Gasteiger partial charge in [-0.05, 0) is 6.07 Å². The quantitative estimate of drug-likeness (QED) is 0.445. The van der Waals surface area contributed by atoms with Gasteiger partial charge >= 0.3 is 0 Å². The molecule has 0 aliphatic carbocycles. The van der Waals surface area contributed by atoms with Crippen LogP contribution in [-0.2, 0) is 0 Å². The van der Waals surface area contributed by atoms with Crippen LogP contribution < -0.4 is 5.46 Å². The first-order chi connectivity index (χ1) is 3.80. The smallest absolute Gasteiger partial charge is 0.143 e. The third-order valence-corrected chi connectivity index (χ3v) is 1.38. The summed E-state index contributed by atoms with van der Waals surface area (Å²) in [6.07, 6.45) is 3.41. The van der Waals surface area contributed by atoms with E-state index in [0.717, 1.165) is 10.5 Å². The van der Waals surface area contributed by atoms with Crippen molar-refractivity contribution >= 4 is 24.9 Å². The van der Waals surface area contributed by atoms with Crippen molar-refractivity contribution in [2.24, 2.45) is 0 Å². The van der Waals surface area contributed by atoms with Gasteiger partial charge in [0.05, 0.1) is 0 Å². The molecule has 0 atom stereocenters. The van der Waals surface area contributed by atoms with E-state index >= 15 is 0 Å². The maximum Gasteiger partial charge on any atom is 0.143 e. The first-order valence-corrected chi connectivity index (χ1v) is 2.74. The van der Waals surface area contributed by atoms with Crippen LogP contribution in [0.3, 0.4) is 0 Å². The largest absolute Gasteiger partial charge is 0.265 e. The molecule has 0 unspecified atom stereocenters. The zero-order valence-electron chi connectivity index (χ0n) is 4.56. The Labute approximate surface area is 54.1 Å². The Morgan fingerprint density at radius 2 is 2.38 bits per heavy atom. The molecule has 1 heterocycles. The Morgan fingerprint density at radius 1 is 1.62 bits per heavy atom. The highest BCUT2D eigenvalue weighted by atomic mass is 35.5. The van der Waals surface area contributed by atoms with Crippen molar-refractivity contribution in [1.82, 2.24) is 4.98 Å². The van der Waals surface area contributed by atoms with Crippen molar-refractivity contribution in [3.05, 3.63) is 23.5 Å².